The fraction of sp³-hybridized carbons (Fsp3) is 0.480. The van der Waals surface area contributed by atoms with Crippen LogP contribution < -0.4 is 15.6 Å². The molecule has 0 spiro atoms. The topological polar surface area (TPSA) is 53.6 Å². The smallest absolute Gasteiger partial charge is 0.241 e. The van der Waals surface area contributed by atoms with Crippen LogP contribution in [-0.2, 0) is 11.3 Å². The van der Waals surface area contributed by atoms with Gasteiger partial charge in [-0.05, 0) is 61.3 Å². The van der Waals surface area contributed by atoms with Gasteiger partial charge in [0.05, 0.1) is 6.61 Å². The maximum Gasteiger partial charge on any atom is 0.241 e. The number of nitrogens with zero attached hydrogens (tertiary/aromatic N) is 1. The third-order valence-corrected chi connectivity index (χ3v) is 6.66. The molecule has 2 saturated carbocycles. The molecule has 2 aromatic carbocycles. The lowest BCUT2D eigenvalue weighted by Crippen LogP contribution is -2.46. The molecule has 3 aliphatic rings. The predicted molar refractivity (Wildman–Crippen MR) is 117 cm³/mol. The van der Waals surface area contributed by atoms with Gasteiger partial charge in [-0.3, -0.25) is 4.79 Å². The summed E-state index contributed by atoms with van der Waals surface area (Å²) in [5, 5.41) is 0. The van der Waals surface area contributed by atoms with Gasteiger partial charge in [0, 0.05) is 18.6 Å². The molecule has 2 aromatic rings. The lowest BCUT2D eigenvalue weighted by atomic mass is 9.86. The number of carbonyl (C=O) groups excluding carboxylic acids is 1. The largest absolute Gasteiger partial charge is 0.493 e. The van der Waals surface area contributed by atoms with Gasteiger partial charge in [-0.15, -0.1) is 0 Å². The number of carbonyl (C=O) groups is 1. The van der Waals surface area contributed by atoms with Gasteiger partial charge in [0.1, 0.15) is 11.8 Å². The maximum atomic E-state index is 13.3. The van der Waals surface area contributed by atoms with Crippen LogP contribution in [0.2, 0.25) is 0 Å². The van der Waals surface area contributed by atoms with Crippen molar-refractivity contribution >= 4 is 5.91 Å². The van der Waals surface area contributed by atoms with Crippen LogP contribution in [0.3, 0.4) is 0 Å². The van der Waals surface area contributed by atoms with Crippen molar-refractivity contribution in [1.82, 2.24) is 15.8 Å². The third-order valence-electron chi connectivity index (χ3n) is 6.66. The van der Waals surface area contributed by atoms with E-state index in [-0.39, 0.29) is 18.0 Å². The molecule has 5 rings (SSSR count). The number of hydrogen-bond donors (Lipinski definition) is 2. The quantitative estimate of drug-likeness (QED) is 0.698. The molecule has 0 radical (unpaired) electrons. The maximum absolute atomic E-state index is 13.3. The highest BCUT2D eigenvalue weighted by Gasteiger charge is 2.39. The summed E-state index contributed by atoms with van der Waals surface area (Å²) < 4.78 is 5.91. The van der Waals surface area contributed by atoms with E-state index in [0.29, 0.717) is 12.6 Å². The summed E-state index contributed by atoms with van der Waals surface area (Å²) in [6.07, 6.45) is 6.93. The second-order valence-electron chi connectivity index (χ2n) is 8.99. The highest BCUT2D eigenvalue weighted by atomic mass is 16.5. The Morgan fingerprint density at radius 3 is 2.40 bits per heavy atom. The highest BCUT2D eigenvalue weighted by Crippen LogP contribution is 2.32. The molecule has 2 aliphatic carbocycles. The van der Waals surface area contributed by atoms with E-state index >= 15 is 0 Å². The minimum Gasteiger partial charge on any atom is -0.493 e. The zero-order chi connectivity index (χ0) is 20.3. The van der Waals surface area contributed by atoms with Gasteiger partial charge in [0.2, 0.25) is 5.91 Å². The molecule has 0 aromatic heterocycles. The molecule has 3 fully saturated rings. The lowest BCUT2D eigenvalue weighted by Gasteiger charge is -2.26. The third kappa shape index (κ3) is 4.52. The number of hydrogen-bond acceptors (Lipinski definition) is 4. The average Bonchev–Trinajstić information content (AvgIpc) is 3.47. The number of benzene rings is 2. The molecule has 2 unspecified atom stereocenters. The zero-order valence-electron chi connectivity index (χ0n) is 17.4. The van der Waals surface area contributed by atoms with Crippen molar-refractivity contribution in [3.63, 3.8) is 0 Å². The minimum absolute atomic E-state index is 0.174. The first-order valence-corrected chi connectivity index (χ1v) is 11.3. The summed E-state index contributed by atoms with van der Waals surface area (Å²) in [4.78, 5) is 15.4. The minimum atomic E-state index is -0.180. The number of rotatable bonds is 8. The standard InChI is InChI=1S/C25H31N3O2/c29-25(24-15-23(26-27-24)20-7-2-1-3-8-20)28(21-11-12-21)16-18-9-13-22(14-10-18)30-17-19-5-4-6-19/h1-3,7-10,13-14,19,21,23-24,26-27H,4-6,11-12,15-17H2. The van der Waals surface area contributed by atoms with Crippen LogP contribution >= 0.6 is 0 Å². The zero-order valence-corrected chi connectivity index (χ0v) is 17.4. The molecule has 1 heterocycles. The van der Waals surface area contributed by atoms with Crippen LogP contribution in [0.1, 0.15) is 55.7 Å². The van der Waals surface area contributed by atoms with Gasteiger partial charge >= 0.3 is 0 Å². The number of nitrogens with one attached hydrogen (secondary N) is 2. The summed E-state index contributed by atoms with van der Waals surface area (Å²) in [7, 11) is 0. The number of amides is 1. The first-order valence-electron chi connectivity index (χ1n) is 11.3. The summed E-state index contributed by atoms with van der Waals surface area (Å²) in [6, 6.07) is 19.0. The summed E-state index contributed by atoms with van der Waals surface area (Å²) in [5.74, 6) is 1.87. The predicted octanol–water partition coefficient (Wildman–Crippen LogP) is 3.96. The summed E-state index contributed by atoms with van der Waals surface area (Å²) >= 11 is 0. The fourth-order valence-electron chi connectivity index (χ4n) is 4.36. The first-order chi connectivity index (χ1) is 14.8. The van der Waals surface area contributed by atoms with Crippen molar-refractivity contribution in [2.75, 3.05) is 6.61 Å². The fourth-order valence-corrected chi connectivity index (χ4v) is 4.36. The molecule has 1 aliphatic heterocycles. The lowest BCUT2D eigenvalue weighted by molar-refractivity contribution is -0.134. The number of hydrazine groups is 1. The van der Waals surface area contributed by atoms with Crippen molar-refractivity contribution in [1.29, 1.82) is 0 Å². The Labute approximate surface area is 178 Å². The van der Waals surface area contributed by atoms with Gasteiger partial charge in [-0.25, -0.2) is 10.9 Å². The molecular formula is C25H31N3O2. The Morgan fingerprint density at radius 2 is 1.73 bits per heavy atom. The van der Waals surface area contributed by atoms with E-state index in [1.54, 1.807) is 0 Å². The van der Waals surface area contributed by atoms with E-state index in [2.05, 4.69) is 40.0 Å². The van der Waals surface area contributed by atoms with Crippen molar-refractivity contribution in [2.24, 2.45) is 5.92 Å². The van der Waals surface area contributed by atoms with Crippen LogP contribution in [-0.4, -0.2) is 29.5 Å². The van der Waals surface area contributed by atoms with Gasteiger partial charge in [0.15, 0.2) is 0 Å². The highest BCUT2D eigenvalue weighted by molar-refractivity contribution is 5.83. The normalized spacial score (nSPS) is 23.7. The van der Waals surface area contributed by atoms with E-state index in [9.17, 15) is 4.79 Å². The molecule has 0 bridgehead atoms. The van der Waals surface area contributed by atoms with Crippen molar-refractivity contribution in [2.45, 2.75) is 63.2 Å². The Balaban J connectivity index is 1.19. The summed E-state index contributed by atoms with van der Waals surface area (Å²) in [5.41, 5.74) is 8.93. The monoisotopic (exact) mass is 405 g/mol. The van der Waals surface area contributed by atoms with Gasteiger partial charge < -0.3 is 9.64 Å². The average molecular weight is 406 g/mol. The second-order valence-corrected chi connectivity index (χ2v) is 8.99. The molecule has 5 nitrogen and oxygen atoms in total. The Hall–Kier alpha value is -2.37. The SMILES string of the molecule is O=C(C1CC(c2ccccc2)NN1)N(Cc1ccc(OCC2CCC2)cc1)C1CC1. The van der Waals surface area contributed by atoms with Crippen LogP contribution in [0.4, 0.5) is 0 Å². The first kappa shape index (κ1) is 19.6. The van der Waals surface area contributed by atoms with Crippen LogP contribution in [0, 0.1) is 5.92 Å². The van der Waals surface area contributed by atoms with E-state index < -0.39 is 0 Å². The second kappa shape index (κ2) is 8.78. The molecule has 1 saturated heterocycles. The van der Waals surface area contributed by atoms with E-state index in [4.69, 9.17) is 4.74 Å². The van der Waals surface area contributed by atoms with Gasteiger partial charge in [0.25, 0.3) is 0 Å². The molecule has 2 N–H and O–H groups in total. The molecule has 158 valence electrons. The van der Waals surface area contributed by atoms with Gasteiger partial charge in [-0.2, -0.15) is 0 Å². The van der Waals surface area contributed by atoms with E-state index in [1.807, 2.05) is 30.3 Å². The van der Waals surface area contributed by atoms with E-state index in [0.717, 1.165) is 43.1 Å². The Bertz CT molecular complexity index is 846. The Kier molecular flexibility index (Phi) is 5.73. The Morgan fingerprint density at radius 1 is 0.967 bits per heavy atom. The molecule has 5 heteroatoms. The number of ether oxygens (including phenoxy) is 1. The molecule has 2 atom stereocenters. The van der Waals surface area contributed by atoms with Crippen molar-refractivity contribution in [3.8, 4) is 5.75 Å². The molecule has 1 amide bonds. The van der Waals surface area contributed by atoms with Crippen molar-refractivity contribution in [3.05, 3.63) is 65.7 Å². The van der Waals surface area contributed by atoms with Crippen LogP contribution in [0.5, 0.6) is 5.75 Å². The molecule has 30 heavy (non-hydrogen) atoms. The van der Waals surface area contributed by atoms with Crippen LogP contribution in [0.25, 0.3) is 0 Å². The van der Waals surface area contributed by atoms with Gasteiger partial charge in [-0.1, -0.05) is 48.9 Å². The van der Waals surface area contributed by atoms with Crippen LogP contribution in [0.15, 0.2) is 54.6 Å². The summed E-state index contributed by atoms with van der Waals surface area (Å²) in [6.45, 7) is 1.50. The van der Waals surface area contributed by atoms with E-state index in [1.165, 1.54) is 24.8 Å². The van der Waals surface area contributed by atoms with Crippen molar-refractivity contribution < 1.29 is 9.53 Å². The molecular weight excluding hydrogens is 374 g/mol.